The molecular weight excluding hydrogens is 243 g/mol. The number of imidazole rings is 1. The first-order chi connectivity index (χ1) is 8.69. The molecule has 9 heteroatoms. The second-order valence-electron chi connectivity index (χ2n) is 3.53. The minimum absolute atomic E-state index is 0. The molecule has 2 amide bonds. The van der Waals surface area contributed by atoms with Crippen LogP contribution in [0.3, 0.4) is 0 Å². The number of carbonyl (C=O) groups excluding carboxylic acids is 2. The fourth-order valence-corrected chi connectivity index (χ4v) is 1.56. The summed E-state index contributed by atoms with van der Waals surface area (Å²) in [6.07, 6.45) is 1.22. The van der Waals surface area contributed by atoms with Crippen molar-refractivity contribution in [2.45, 2.75) is 6.92 Å². The lowest BCUT2D eigenvalue weighted by molar-refractivity contribution is 0.0951. The molecule has 1 aliphatic heterocycles. The van der Waals surface area contributed by atoms with E-state index in [2.05, 4.69) is 21.3 Å². The number of halogens is 1. The van der Waals surface area contributed by atoms with Gasteiger partial charge >= 0.3 is 6.03 Å². The first-order valence-electron chi connectivity index (χ1n) is 5.44. The minimum Gasteiger partial charge on any atom is -0.351 e. The monoisotopic (exact) mass is 258 g/mol. The lowest BCUT2D eigenvalue weighted by atomic mass is 10.4. The summed E-state index contributed by atoms with van der Waals surface area (Å²) in [7, 11) is 0. The Bertz CT molecular complexity index is 479. The second-order valence-corrected chi connectivity index (χ2v) is 3.53. The van der Waals surface area contributed by atoms with E-state index < -0.39 is 12.7 Å². The van der Waals surface area contributed by atoms with E-state index in [0.29, 0.717) is 6.54 Å². The number of fused-ring (bicyclic) bond motifs is 1. The van der Waals surface area contributed by atoms with Crippen molar-refractivity contribution in [2.24, 2.45) is 0 Å². The lowest BCUT2D eigenvalue weighted by Crippen LogP contribution is -2.53. The van der Waals surface area contributed by atoms with E-state index in [4.69, 9.17) is 0 Å². The second kappa shape index (κ2) is 5.00. The van der Waals surface area contributed by atoms with Gasteiger partial charge in [0.1, 0.15) is 13.0 Å². The molecule has 0 saturated carbocycles. The van der Waals surface area contributed by atoms with Crippen LogP contribution in [-0.4, -0.2) is 46.3 Å². The molecule has 0 spiro atoms. The van der Waals surface area contributed by atoms with Crippen molar-refractivity contribution in [3.05, 3.63) is 12.0 Å². The van der Waals surface area contributed by atoms with Gasteiger partial charge in [0, 0.05) is 7.97 Å². The van der Waals surface area contributed by atoms with E-state index in [1.165, 1.54) is 6.33 Å². The molecule has 1 aromatic rings. The van der Waals surface area contributed by atoms with Gasteiger partial charge < -0.3 is 5.32 Å². The van der Waals surface area contributed by atoms with Crippen LogP contribution in [0, 0.1) is 0 Å². The molecule has 1 aliphatic rings. The van der Waals surface area contributed by atoms with Crippen molar-refractivity contribution in [3.63, 3.8) is 0 Å². The molecule has 100 valence electrons. The Kier molecular flexibility index (Phi) is 3.42. The molecule has 2 heterocycles. The van der Waals surface area contributed by atoms with E-state index >= 15 is 0 Å². The van der Waals surface area contributed by atoms with Gasteiger partial charge in [-0.25, -0.2) is 23.7 Å². The zero-order chi connectivity index (χ0) is 13.1. The van der Waals surface area contributed by atoms with E-state index in [0.717, 1.165) is 9.58 Å². The summed E-state index contributed by atoms with van der Waals surface area (Å²) in [6, 6.07) is -0.496. The maximum atomic E-state index is 12.2. The number of amides is 2. The van der Waals surface area contributed by atoms with E-state index in [-0.39, 0.29) is 25.4 Å². The van der Waals surface area contributed by atoms with Crippen molar-refractivity contribution < 1.29 is 15.4 Å². The zero-order valence-electron chi connectivity index (χ0n) is 9.73. The predicted octanol–water partition coefficient (Wildman–Crippen LogP) is -0.0365. The topological polar surface area (TPSA) is 91.3 Å². The van der Waals surface area contributed by atoms with Crippen LogP contribution in [0.4, 0.5) is 15.0 Å². The maximum absolute atomic E-state index is 12.2. The van der Waals surface area contributed by atoms with Gasteiger partial charge in [0.15, 0.2) is 11.5 Å². The Morgan fingerprint density at radius 3 is 3.11 bits per heavy atom. The van der Waals surface area contributed by atoms with Crippen LogP contribution in [0.5, 0.6) is 0 Å². The molecule has 3 N–H and O–H groups in total. The molecule has 0 bridgehead atoms. The lowest BCUT2D eigenvalue weighted by Gasteiger charge is -2.28. The van der Waals surface area contributed by atoms with Gasteiger partial charge in [0.05, 0.1) is 6.54 Å². The summed E-state index contributed by atoms with van der Waals surface area (Å²) in [5.74, 6) is -0.145. The van der Waals surface area contributed by atoms with E-state index in [1.54, 1.807) is 6.92 Å². The molecule has 0 aromatic carbocycles. The van der Waals surface area contributed by atoms with Crippen LogP contribution in [0.15, 0.2) is 6.33 Å². The minimum atomic E-state index is -0.673. The summed E-state index contributed by atoms with van der Waals surface area (Å²) < 4.78 is 13.4. The standard InChI is InChI=1S/C9H13FN6O2.H2/c1-2-11-8(17)6-7-13-14-16(4-3-10)9(18)15(7)5-12-6;/h5,13-14H,2-4H2,1H3,(H,11,17);1H. The Labute approximate surface area is 104 Å². The molecule has 8 nitrogen and oxygen atoms in total. The number of carbonyl (C=O) groups is 2. The van der Waals surface area contributed by atoms with Gasteiger partial charge in [-0.2, -0.15) is 0 Å². The van der Waals surface area contributed by atoms with Crippen LogP contribution < -0.4 is 16.3 Å². The maximum Gasteiger partial charge on any atom is 0.346 e. The molecule has 0 radical (unpaired) electrons. The molecule has 0 fully saturated rings. The van der Waals surface area contributed by atoms with E-state index in [1.807, 2.05) is 0 Å². The summed E-state index contributed by atoms with van der Waals surface area (Å²) in [6.45, 7) is 1.47. The van der Waals surface area contributed by atoms with Crippen LogP contribution in [0.25, 0.3) is 0 Å². The highest BCUT2D eigenvalue weighted by Crippen LogP contribution is 2.17. The molecule has 0 aliphatic carbocycles. The first-order valence-corrected chi connectivity index (χ1v) is 5.44. The third kappa shape index (κ3) is 1.99. The largest absolute Gasteiger partial charge is 0.351 e. The fourth-order valence-electron chi connectivity index (χ4n) is 1.56. The van der Waals surface area contributed by atoms with Gasteiger partial charge in [-0.15, -0.1) is 5.53 Å². The number of rotatable bonds is 4. The number of hydrogen-bond donors (Lipinski definition) is 3. The van der Waals surface area contributed by atoms with Crippen LogP contribution >= 0.6 is 0 Å². The molecular formula is C9H15FN6O2. The highest BCUT2D eigenvalue weighted by molar-refractivity contribution is 5.99. The van der Waals surface area contributed by atoms with E-state index in [9.17, 15) is 14.0 Å². The zero-order valence-corrected chi connectivity index (χ0v) is 9.73. The molecule has 18 heavy (non-hydrogen) atoms. The predicted molar refractivity (Wildman–Crippen MR) is 62.6 cm³/mol. The average Bonchev–Trinajstić information content (AvgIpc) is 2.78. The van der Waals surface area contributed by atoms with Crippen LogP contribution in [-0.2, 0) is 0 Å². The third-order valence-corrected chi connectivity index (χ3v) is 2.37. The van der Waals surface area contributed by atoms with Gasteiger partial charge in [-0.05, 0) is 6.92 Å². The van der Waals surface area contributed by atoms with Crippen molar-refractivity contribution in [2.75, 3.05) is 25.2 Å². The van der Waals surface area contributed by atoms with Crippen molar-refractivity contribution in [1.82, 2.24) is 25.4 Å². The number of alkyl halides is 1. The van der Waals surface area contributed by atoms with Gasteiger partial charge in [-0.1, -0.05) is 0 Å². The van der Waals surface area contributed by atoms with Crippen LogP contribution in [0.1, 0.15) is 18.8 Å². The highest BCUT2D eigenvalue weighted by Gasteiger charge is 2.28. The highest BCUT2D eigenvalue weighted by atomic mass is 19.1. The normalized spacial score (nSPS) is 14.1. The van der Waals surface area contributed by atoms with Gasteiger partial charge in [0.25, 0.3) is 5.91 Å². The van der Waals surface area contributed by atoms with Crippen molar-refractivity contribution in [3.8, 4) is 0 Å². The number of hydrogen-bond acceptors (Lipinski definition) is 5. The van der Waals surface area contributed by atoms with Crippen molar-refractivity contribution >= 4 is 17.8 Å². The summed E-state index contributed by atoms with van der Waals surface area (Å²) in [5, 5.41) is 3.63. The fraction of sp³-hybridized carbons (Fsp3) is 0.444. The molecule has 0 unspecified atom stereocenters. The number of hydrazine groups is 2. The van der Waals surface area contributed by atoms with Gasteiger partial charge in [0.2, 0.25) is 0 Å². The quantitative estimate of drug-likeness (QED) is 0.705. The Morgan fingerprint density at radius 1 is 1.67 bits per heavy atom. The number of nitrogens with one attached hydrogen (secondary N) is 3. The summed E-state index contributed by atoms with van der Waals surface area (Å²) in [5.41, 5.74) is 5.26. The summed E-state index contributed by atoms with van der Waals surface area (Å²) in [4.78, 5) is 27.4. The van der Waals surface area contributed by atoms with Gasteiger partial charge in [-0.3, -0.25) is 10.2 Å². The average molecular weight is 258 g/mol. The number of nitrogens with zero attached hydrogens (tertiary/aromatic N) is 3. The number of anilines is 1. The Hall–Kier alpha value is -2.16. The molecule has 0 saturated heterocycles. The molecule has 1 aromatic heterocycles. The van der Waals surface area contributed by atoms with Crippen molar-refractivity contribution in [1.29, 1.82) is 0 Å². The molecule has 2 rings (SSSR count). The first kappa shape index (κ1) is 12.3. The Balaban J connectivity index is 0.00000180. The Morgan fingerprint density at radius 2 is 2.44 bits per heavy atom. The molecule has 0 atom stereocenters. The smallest absolute Gasteiger partial charge is 0.346 e. The van der Waals surface area contributed by atoms with Crippen LogP contribution in [0.2, 0.25) is 0 Å². The SMILES string of the molecule is CCNC(=O)c1ncn2c1NNN(CCF)C2=O.[HH]. The number of aromatic nitrogens is 2. The third-order valence-electron chi connectivity index (χ3n) is 2.37. The summed E-state index contributed by atoms with van der Waals surface area (Å²) >= 11 is 0.